The Labute approximate surface area is 230 Å². The molecule has 8 nitrogen and oxygen atoms in total. The first-order valence-corrected chi connectivity index (χ1v) is 13.5. The number of methoxy groups -OCH3 is 2. The van der Waals surface area contributed by atoms with Crippen LogP contribution in [-0.4, -0.2) is 65.8 Å². The first-order valence-electron chi connectivity index (χ1n) is 13.5. The first kappa shape index (κ1) is 26.5. The largest absolute Gasteiger partial charge is 0.497 e. The molecule has 0 spiro atoms. The van der Waals surface area contributed by atoms with Crippen LogP contribution in [0, 0.1) is 27.7 Å². The van der Waals surface area contributed by atoms with E-state index in [1.54, 1.807) is 14.2 Å². The molecule has 4 aromatic rings. The van der Waals surface area contributed by atoms with Crippen molar-refractivity contribution in [2.45, 2.75) is 40.5 Å². The molecule has 3 heterocycles. The highest BCUT2D eigenvalue weighted by atomic mass is 16.5. The van der Waals surface area contributed by atoms with E-state index in [1.807, 2.05) is 47.5 Å². The Bertz CT molecular complexity index is 1520. The number of hydrogen-bond acceptors (Lipinski definition) is 6. The Morgan fingerprint density at radius 1 is 0.949 bits per heavy atom. The molecule has 0 atom stereocenters. The van der Waals surface area contributed by atoms with Gasteiger partial charge < -0.3 is 19.3 Å². The van der Waals surface area contributed by atoms with Crippen molar-refractivity contribution in [2.24, 2.45) is 0 Å². The number of aryl methyl sites for hydroxylation is 3. The van der Waals surface area contributed by atoms with E-state index in [9.17, 15) is 4.79 Å². The molecule has 0 aliphatic carbocycles. The fourth-order valence-corrected chi connectivity index (χ4v) is 5.50. The van der Waals surface area contributed by atoms with Crippen molar-refractivity contribution in [1.29, 1.82) is 0 Å². The van der Waals surface area contributed by atoms with Crippen molar-refractivity contribution in [1.82, 2.24) is 19.5 Å². The lowest BCUT2D eigenvalue weighted by Crippen LogP contribution is -2.49. The van der Waals surface area contributed by atoms with Gasteiger partial charge in [-0.1, -0.05) is 12.1 Å². The molecular formula is C31H37N5O3. The van der Waals surface area contributed by atoms with Crippen molar-refractivity contribution in [3.63, 3.8) is 0 Å². The molecule has 0 bridgehead atoms. The van der Waals surface area contributed by atoms with Crippen LogP contribution < -0.4 is 14.4 Å². The highest BCUT2D eigenvalue weighted by molar-refractivity contribution is 5.77. The number of amides is 1. The van der Waals surface area contributed by atoms with Crippen LogP contribution in [0.5, 0.6) is 11.5 Å². The van der Waals surface area contributed by atoms with Gasteiger partial charge in [0.1, 0.15) is 11.5 Å². The summed E-state index contributed by atoms with van der Waals surface area (Å²) in [7, 11) is 3.27. The molecule has 0 radical (unpaired) electrons. The molecule has 0 saturated carbocycles. The number of carbonyl (C=O) groups is 1. The minimum Gasteiger partial charge on any atom is -0.497 e. The smallest absolute Gasteiger partial charge is 0.223 e. The van der Waals surface area contributed by atoms with Crippen LogP contribution in [0.25, 0.3) is 16.9 Å². The minimum absolute atomic E-state index is 0.193. The number of rotatable bonds is 7. The van der Waals surface area contributed by atoms with Crippen molar-refractivity contribution in [3.8, 4) is 22.8 Å². The van der Waals surface area contributed by atoms with Crippen molar-refractivity contribution >= 4 is 17.2 Å². The highest BCUT2D eigenvalue weighted by Crippen LogP contribution is 2.33. The summed E-state index contributed by atoms with van der Waals surface area (Å²) in [5.74, 6) is 1.61. The van der Waals surface area contributed by atoms with Gasteiger partial charge >= 0.3 is 0 Å². The van der Waals surface area contributed by atoms with Crippen molar-refractivity contribution in [3.05, 3.63) is 70.5 Å². The van der Waals surface area contributed by atoms with Crippen LogP contribution >= 0.6 is 0 Å². The van der Waals surface area contributed by atoms with Gasteiger partial charge in [0.05, 0.1) is 19.9 Å². The number of nitrogens with zero attached hydrogens (tertiary/aromatic N) is 5. The molecule has 1 aliphatic rings. The number of hydrogen-bond donors (Lipinski definition) is 0. The molecule has 204 valence electrons. The molecule has 2 aromatic carbocycles. The first-order chi connectivity index (χ1) is 18.8. The number of ether oxygens (including phenoxy) is 2. The Hall–Kier alpha value is -4.07. The topological polar surface area (TPSA) is 72.2 Å². The zero-order valence-corrected chi connectivity index (χ0v) is 23.7. The lowest BCUT2D eigenvalue weighted by Gasteiger charge is -2.37. The zero-order chi connectivity index (χ0) is 27.7. The lowest BCUT2D eigenvalue weighted by molar-refractivity contribution is -0.131. The predicted octanol–water partition coefficient (Wildman–Crippen LogP) is 4.93. The summed E-state index contributed by atoms with van der Waals surface area (Å²) >= 11 is 0. The van der Waals surface area contributed by atoms with Crippen LogP contribution in [0.1, 0.15) is 34.5 Å². The van der Waals surface area contributed by atoms with E-state index in [0.29, 0.717) is 18.6 Å². The Balaban J connectivity index is 1.28. The average Bonchev–Trinajstić information content (AvgIpc) is 3.38. The van der Waals surface area contributed by atoms with Gasteiger partial charge in [0, 0.05) is 67.4 Å². The SMILES string of the molecule is COc1ccc(-c2cc3nc(C)c(CCC(=O)N4CCN(c5cccc(C)c5C)CC4)c(C)n3n2)c(OC)c1. The van der Waals surface area contributed by atoms with Crippen LogP contribution in [0.4, 0.5) is 5.69 Å². The molecule has 1 saturated heterocycles. The fraction of sp³-hybridized carbons (Fsp3) is 0.387. The second-order valence-corrected chi connectivity index (χ2v) is 10.2. The van der Waals surface area contributed by atoms with Gasteiger partial charge in [0.2, 0.25) is 5.91 Å². The summed E-state index contributed by atoms with van der Waals surface area (Å²) in [6.45, 7) is 11.6. The summed E-state index contributed by atoms with van der Waals surface area (Å²) in [5, 5.41) is 4.85. The average molecular weight is 528 g/mol. The maximum absolute atomic E-state index is 13.2. The summed E-state index contributed by atoms with van der Waals surface area (Å²) in [4.78, 5) is 22.4. The van der Waals surface area contributed by atoms with Gasteiger partial charge in [-0.3, -0.25) is 4.79 Å². The molecule has 1 amide bonds. The van der Waals surface area contributed by atoms with Crippen LogP contribution in [0.15, 0.2) is 42.5 Å². The van der Waals surface area contributed by atoms with Gasteiger partial charge in [-0.15, -0.1) is 0 Å². The van der Waals surface area contributed by atoms with Crippen molar-refractivity contribution in [2.75, 3.05) is 45.3 Å². The second-order valence-electron chi connectivity index (χ2n) is 10.2. The van der Waals surface area contributed by atoms with E-state index in [0.717, 1.165) is 65.8 Å². The van der Waals surface area contributed by atoms with E-state index < -0.39 is 0 Å². The van der Waals surface area contributed by atoms with Crippen LogP contribution in [0.2, 0.25) is 0 Å². The Morgan fingerprint density at radius 2 is 1.72 bits per heavy atom. The fourth-order valence-electron chi connectivity index (χ4n) is 5.50. The second kappa shape index (κ2) is 11.0. The monoisotopic (exact) mass is 527 g/mol. The molecule has 0 unspecified atom stereocenters. The van der Waals surface area contributed by atoms with E-state index in [2.05, 4.69) is 36.9 Å². The zero-order valence-electron chi connectivity index (χ0n) is 23.7. The Kier molecular flexibility index (Phi) is 7.46. The van der Waals surface area contributed by atoms with E-state index in [-0.39, 0.29) is 5.91 Å². The quantitative estimate of drug-likeness (QED) is 0.339. The summed E-state index contributed by atoms with van der Waals surface area (Å²) in [6.07, 6.45) is 1.09. The van der Waals surface area contributed by atoms with Gasteiger partial charge in [0.25, 0.3) is 0 Å². The van der Waals surface area contributed by atoms with Crippen LogP contribution in [0.3, 0.4) is 0 Å². The van der Waals surface area contributed by atoms with Gasteiger partial charge in [-0.05, 0) is 69.0 Å². The molecule has 5 rings (SSSR count). The number of piperazine rings is 1. The summed E-state index contributed by atoms with van der Waals surface area (Å²) in [5.41, 5.74) is 9.32. The lowest BCUT2D eigenvalue weighted by atomic mass is 10.1. The number of fused-ring (bicyclic) bond motifs is 1. The molecule has 1 aliphatic heterocycles. The summed E-state index contributed by atoms with van der Waals surface area (Å²) in [6, 6.07) is 14.1. The maximum atomic E-state index is 13.2. The van der Waals surface area contributed by atoms with Crippen LogP contribution in [-0.2, 0) is 11.2 Å². The molecule has 8 heteroatoms. The van der Waals surface area contributed by atoms with Gasteiger partial charge in [-0.25, -0.2) is 9.50 Å². The third-order valence-corrected chi connectivity index (χ3v) is 7.99. The van der Waals surface area contributed by atoms with Gasteiger partial charge in [-0.2, -0.15) is 5.10 Å². The molecule has 2 aromatic heterocycles. The number of aromatic nitrogens is 3. The van der Waals surface area contributed by atoms with E-state index in [1.165, 1.54) is 16.8 Å². The maximum Gasteiger partial charge on any atom is 0.223 e. The number of benzene rings is 2. The minimum atomic E-state index is 0.193. The van der Waals surface area contributed by atoms with Gasteiger partial charge in [0.15, 0.2) is 5.65 Å². The third-order valence-electron chi connectivity index (χ3n) is 7.99. The van der Waals surface area contributed by atoms with E-state index in [4.69, 9.17) is 19.6 Å². The molecule has 39 heavy (non-hydrogen) atoms. The van der Waals surface area contributed by atoms with Crippen molar-refractivity contribution < 1.29 is 14.3 Å². The molecule has 0 N–H and O–H groups in total. The molecule has 1 fully saturated rings. The number of anilines is 1. The molecular weight excluding hydrogens is 490 g/mol. The van der Waals surface area contributed by atoms with E-state index >= 15 is 0 Å². The standard InChI is InChI=1S/C31H37N5O3/c1-20-8-7-9-28(21(20)2)34-14-16-35(17-15-34)31(37)13-12-25-22(3)32-30-19-27(33-36(30)23(25)4)26-11-10-24(38-5)18-29(26)39-6/h7-11,18-19H,12-17H2,1-6H3. The highest BCUT2D eigenvalue weighted by Gasteiger charge is 2.23. The predicted molar refractivity (Wildman–Crippen MR) is 154 cm³/mol. The number of carbonyl (C=O) groups excluding carboxylic acids is 1. The normalized spacial score (nSPS) is 13.7. The summed E-state index contributed by atoms with van der Waals surface area (Å²) < 4.78 is 12.8. The third kappa shape index (κ3) is 5.15. The Morgan fingerprint density at radius 3 is 2.44 bits per heavy atom.